The van der Waals surface area contributed by atoms with Crippen LogP contribution in [0.5, 0.6) is 0 Å². The predicted molar refractivity (Wildman–Crippen MR) is 76.3 cm³/mol. The fraction of sp³-hybridized carbons (Fsp3) is 0.647. The Kier molecular flexibility index (Phi) is 3.43. The van der Waals surface area contributed by atoms with Gasteiger partial charge in [0.2, 0.25) is 0 Å². The lowest BCUT2D eigenvalue weighted by molar-refractivity contribution is 0.480. The van der Waals surface area contributed by atoms with E-state index in [2.05, 4.69) is 31.2 Å². The molecule has 0 bridgehead atoms. The van der Waals surface area contributed by atoms with E-state index in [0.717, 1.165) is 17.8 Å². The van der Waals surface area contributed by atoms with Crippen LogP contribution >= 0.6 is 0 Å². The van der Waals surface area contributed by atoms with Gasteiger partial charge in [-0.15, -0.1) is 0 Å². The number of aryl methyl sites for hydroxylation is 1. The molecule has 2 N–H and O–H groups in total. The molecule has 1 aromatic carbocycles. The number of benzene rings is 1. The Morgan fingerprint density at radius 2 is 1.72 bits per heavy atom. The maximum atomic E-state index is 6.48. The first-order valence-electron chi connectivity index (χ1n) is 7.65. The van der Waals surface area contributed by atoms with Crippen LogP contribution in [0.3, 0.4) is 0 Å². The molecule has 0 aromatic heterocycles. The zero-order chi connectivity index (χ0) is 12.5. The molecule has 2 fully saturated rings. The molecule has 2 aliphatic carbocycles. The van der Waals surface area contributed by atoms with Gasteiger partial charge in [-0.05, 0) is 48.1 Å². The molecule has 0 saturated heterocycles. The normalized spacial score (nSPS) is 31.8. The molecule has 2 aliphatic rings. The van der Waals surface area contributed by atoms with Crippen LogP contribution in [0.15, 0.2) is 24.3 Å². The van der Waals surface area contributed by atoms with E-state index in [1.165, 1.54) is 49.7 Å². The maximum Gasteiger partial charge on any atom is 0.0329 e. The molecule has 3 unspecified atom stereocenters. The molecular formula is C17H25N. The lowest BCUT2D eigenvalue weighted by atomic mass is 9.98. The van der Waals surface area contributed by atoms with Crippen LogP contribution in [0, 0.1) is 17.8 Å². The highest BCUT2D eigenvalue weighted by Gasteiger charge is 2.53. The van der Waals surface area contributed by atoms with Crippen molar-refractivity contribution in [2.75, 3.05) is 0 Å². The summed E-state index contributed by atoms with van der Waals surface area (Å²) < 4.78 is 0. The number of rotatable bonds is 4. The van der Waals surface area contributed by atoms with Gasteiger partial charge in [-0.1, -0.05) is 50.5 Å². The summed E-state index contributed by atoms with van der Waals surface area (Å²) in [4.78, 5) is 0. The summed E-state index contributed by atoms with van der Waals surface area (Å²) in [5.41, 5.74) is 9.29. The second-order valence-corrected chi connectivity index (χ2v) is 6.21. The fourth-order valence-corrected chi connectivity index (χ4v) is 4.00. The van der Waals surface area contributed by atoms with E-state index >= 15 is 0 Å². The molecule has 1 heteroatoms. The standard InChI is InChI=1S/C17H25N/c1-2-5-12-8-10-13(11-9-12)17(18)16-14-6-3-4-7-15(14)16/h8-11,14-17H,2-7,18H2,1H3. The average molecular weight is 243 g/mol. The van der Waals surface area contributed by atoms with Gasteiger partial charge >= 0.3 is 0 Å². The molecule has 2 saturated carbocycles. The second kappa shape index (κ2) is 5.05. The summed E-state index contributed by atoms with van der Waals surface area (Å²) in [6.45, 7) is 2.23. The highest BCUT2D eigenvalue weighted by molar-refractivity contribution is 5.27. The Labute approximate surface area is 111 Å². The second-order valence-electron chi connectivity index (χ2n) is 6.21. The van der Waals surface area contributed by atoms with Gasteiger partial charge in [-0.25, -0.2) is 0 Å². The first-order chi connectivity index (χ1) is 8.81. The SMILES string of the molecule is CCCc1ccc(C(N)C2C3CCCCC32)cc1. The summed E-state index contributed by atoms with van der Waals surface area (Å²) in [5, 5.41) is 0. The van der Waals surface area contributed by atoms with Gasteiger partial charge in [0.1, 0.15) is 0 Å². The molecule has 3 atom stereocenters. The molecule has 1 aromatic rings. The lowest BCUT2D eigenvalue weighted by Gasteiger charge is -2.12. The van der Waals surface area contributed by atoms with Crippen molar-refractivity contribution in [2.45, 2.75) is 51.5 Å². The van der Waals surface area contributed by atoms with Crippen molar-refractivity contribution < 1.29 is 0 Å². The van der Waals surface area contributed by atoms with Crippen molar-refractivity contribution in [3.8, 4) is 0 Å². The van der Waals surface area contributed by atoms with Crippen molar-refractivity contribution in [1.29, 1.82) is 0 Å². The number of fused-ring (bicyclic) bond motifs is 1. The average Bonchev–Trinajstić information content (AvgIpc) is 3.13. The molecule has 3 rings (SSSR count). The van der Waals surface area contributed by atoms with Gasteiger partial charge < -0.3 is 5.73 Å². The Morgan fingerprint density at radius 1 is 1.11 bits per heavy atom. The number of hydrogen-bond donors (Lipinski definition) is 1. The van der Waals surface area contributed by atoms with Crippen molar-refractivity contribution >= 4 is 0 Å². The van der Waals surface area contributed by atoms with Crippen LogP contribution in [-0.4, -0.2) is 0 Å². The molecule has 0 aliphatic heterocycles. The minimum absolute atomic E-state index is 0.286. The third-order valence-electron chi connectivity index (χ3n) is 5.04. The molecule has 0 spiro atoms. The van der Waals surface area contributed by atoms with E-state index in [0.29, 0.717) is 0 Å². The first kappa shape index (κ1) is 12.2. The topological polar surface area (TPSA) is 26.0 Å². The van der Waals surface area contributed by atoms with Crippen molar-refractivity contribution in [1.82, 2.24) is 0 Å². The summed E-state index contributed by atoms with van der Waals surface area (Å²) in [6.07, 6.45) is 8.12. The van der Waals surface area contributed by atoms with Gasteiger partial charge in [0, 0.05) is 6.04 Å². The zero-order valence-corrected chi connectivity index (χ0v) is 11.4. The van der Waals surface area contributed by atoms with Gasteiger partial charge in [0.15, 0.2) is 0 Å². The minimum atomic E-state index is 0.286. The maximum absolute atomic E-state index is 6.48. The Hall–Kier alpha value is -0.820. The van der Waals surface area contributed by atoms with Gasteiger partial charge in [0.25, 0.3) is 0 Å². The van der Waals surface area contributed by atoms with E-state index in [1.54, 1.807) is 0 Å². The van der Waals surface area contributed by atoms with Crippen LogP contribution in [0.25, 0.3) is 0 Å². The molecule has 1 nitrogen and oxygen atoms in total. The van der Waals surface area contributed by atoms with E-state index in [1.807, 2.05) is 0 Å². The summed E-state index contributed by atoms with van der Waals surface area (Å²) in [6, 6.07) is 9.35. The third-order valence-corrected chi connectivity index (χ3v) is 5.04. The summed E-state index contributed by atoms with van der Waals surface area (Å²) >= 11 is 0. The van der Waals surface area contributed by atoms with E-state index < -0.39 is 0 Å². The predicted octanol–water partition coefficient (Wildman–Crippen LogP) is 4.08. The summed E-state index contributed by atoms with van der Waals surface area (Å²) in [5.74, 6) is 2.68. The van der Waals surface area contributed by atoms with Crippen LogP contribution in [0.4, 0.5) is 0 Å². The lowest BCUT2D eigenvalue weighted by Crippen LogP contribution is -2.14. The third kappa shape index (κ3) is 2.21. The van der Waals surface area contributed by atoms with Crippen molar-refractivity contribution in [3.05, 3.63) is 35.4 Å². The van der Waals surface area contributed by atoms with Crippen LogP contribution in [0.2, 0.25) is 0 Å². The largest absolute Gasteiger partial charge is 0.324 e. The monoisotopic (exact) mass is 243 g/mol. The van der Waals surface area contributed by atoms with Gasteiger partial charge in [0.05, 0.1) is 0 Å². The van der Waals surface area contributed by atoms with Crippen LogP contribution < -0.4 is 5.73 Å². The van der Waals surface area contributed by atoms with Crippen molar-refractivity contribution in [3.63, 3.8) is 0 Å². The van der Waals surface area contributed by atoms with E-state index in [-0.39, 0.29) is 6.04 Å². The molecule has 18 heavy (non-hydrogen) atoms. The highest BCUT2D eigenvalue weighted by atomic mass is 14.7. The quantitative estimate of drug-likeness (QED) is 0.847. The number of hydrogen-bond acceptors (Lipinski definition) is 1. The molecule has 0 heterocycles. The van der Waals surface area contributed by atoms with Gasteiger partial charge in [-0.3, -0.25) is 0 Å². The fourth-order valence-electron chi connectivity index (χ4n) is 4.00. The smallest absolute Gasteiger partial charge is 0.0329 e. The molecular weight excluding hydrogens is 218 g/mol. The van der Waals surface area contributed by atoms with Gasteiger partial charge in [-0.2, -0.15) is 0 Å². The highest BCUT2D eigenvalue weighted by Crippen LogP contribution is 2.59. The van der Waals surface area contributed by atoms with E-state index in [9.17, 15) is 0 Å². The number of nitrogens with two attached hydrogens (primary N) is 1. The van der Waals surface area contributed by atoms with Crippen LogP contribution in [-0.2, 0) is 6.42 Å². The Balaban J connectivity index is 1.67. The molecule has 98 valence electrons. The Bertz CT molecular complexity index is 383. The van der Waals surface area contributed by atoms with E-state index in [4.69, 9.17) is 5.73 Å². The Morgan fingerprint density at radius 3 is 2.28 bits per heavy atom. The molecule has 0 radical (unpaired) electrons. The zero-order valence-electron chi connectivity index (χ0n) is 11.4. The minimum Gasteiger partial charge on any atom is -0.324 e. The first-order valence-corrected chi connectivity index (χ1v) is 7.65. The van der Waals surface area contributed by atoms with Crippen LogP contribution in [0.1, 0.15) is 56.2 Å². The summed E-state index contributed by atoms with van der Waals surface area (Å²) in [7, 11) is 0. The van der Waals surface area contributed by atoms with Crippen molar-refractivity contribution in [2.24, 2.45) is 23.5 Å². The molecule has 0 amide bonds.